The number of fused-ring (bicyclic) bond motifs is 1. The molecule has 2 N–H and O–H groups in total. The van der Waals surface area contributed by atoms with Crippen molar-refractivity contribution in [1.82, 2.24) is 0 Å². The lowest BCUT2D eigenvalue weighted by Crippen LogP contribution is -2.24. The fraction of sp³-hybridized carbons (Fsp3) is 0.294. The number of rotatable bonds is 2. The summed E-state index contributed by atoms with van der Waals surface area (Å²) in [5.41, 5.74) is 9.30. The van der Waals surface area contributed by atoms with Crippen LogP contribution < -0.4 is 10.5 Å². The highest BCUT2D eigenvalue weighted by Crippen LogP contribution is 2.37. The molecule has 0 aromatic heterocycles. The van der Waals surface area contributed by atoms with Gasteiger partial charge in [-0.15, -0.1) is 0 Å². The van der Waals surface area contributed by atoms with Gasteiger partial charge in [0.15, 0.2) is 0 Å². The molecule has 1 aliphatic heterocycles. The van der Waals surface area contributed by atoms with Gasteiger partial charge >= 0.3 is 0 Å². The summed E-state index contributed by atoms with van der Waals surface area (Å²) in [4.78, 5) is 0. The monoisotopic (exact) mass is 321 g/mol. The van der Waals surface area contributed by atoms with Crippen molar-refractivity contribution in [3.05, 3.63) is 63.1 Å². The highest BCUT2D eigenvalue weighted by atomic mass is 35.5. The standard InChI is InChI=1S/C17H17Cl2NO/c1-17(2)9-11-7-10(3-6-15(11)21-17)16(20)13-5-4-12(18)8-14(13)19/h3-8,16H,9,20H2,1-2H3. The summed E-state index contributed by atoms with van der Waals surface area (Å²) < 4.78 is 5.89. The molecule has 0 amide bonds. The molecule has 21 heavy (non-hydrogen) atoms. The lowest BCUT2D eigenvalue weighted by atomic mass is 9.95. The molecule has 0 saturated heterocycles. The Bertz CT molecular complexity index is 697. The maximum Gasteiger partial charge on any atom is 0.123 e. The molecule has 0 bridgehead atoms. The maximum absolute atomic E-state index is 6.36. The molecular weight excluding hydrogens is 305 g/mol. The van der Waals surface area contributed by atoms with Gasteiger partial charge in [-0.1, -0.05) is 41.4 Å². The minimum absolute atomic E-state index is 0.150. The van der Waals surface area contributed by atoms with Crippen LogP contribution in [0.2, 0.25) is 10.0 Å². The van der Waals surface area contributed by atoms with E-state index in [4.69, 9.17) is 33.7 Å². The van der Waals surface area contributed by atoms with E-state index in [1.807, 2.05) is 24.3 Å². The predicted octanol–water partition coefficient (Wildman–Crippen LogP) is 4.76. The van der Waals surface area contributed by atoms with Crippen molar-refractivity contribution in [2.24, 2.45) is 5.73 Å². The van der Waals surface area contributed by atoms with E-state index in [-0.39, 0.29) is 11.6 Å². The summed E-state index contributed by atoms with van der Waals surface area (Å²) in [5, 5.41) is 1.20. The van der Waals surface area contributed by atoms with Crippen LogP contribution in [-0.2, 0) is 6.42 Å². The average molecular weight is 322 g/mol. The Kier molecular flexibility index (Phi) is 3.64. The summed E-state index contributed by atoms with van der Waals surface area (Å²) in [5.74, 6) is 0.943. The molecule has 0 saturated carbocycles. The third-order valence-electron chi connectivity index (χ3n) is 3.74. The molecule has 0 radical (unpaired) electrons. The zero-order valence-corrected chi connectivity index (χ0v) is 13.5. The molecule has 3 rings (SSSR count). The molecule has 1 atom stereocenters. The number of benzene rings is 2. The van der Waals surface area contributed by atoms with Crippen molar-refractivity contribution < 1.29 is 4.74 Å². The Labute approximate surface area is 134 Å². The molecule has 4 heteroatoms. The summed E-state index contributed by atoms with van der Waals surface area (Å²) >= 11 is 12.2. The number of halogens is 2. The highest BCUT2D eigenvalue weighted by Gasteiger charge is 2.30. The quantitative estimate of drug-likeness (QED) is 0.865. The largest absolute Gasteiger partial charge is 0.487 e. The summed E-state index contributed by atoms with van der Waals surface area (Å²) in [6.07, 6.45) is 0.886. The topological polar surface area (TPSA) is 35.2 Å². The van der Waals surface area contributed by atoms with E-state index in [1.165, 1.54) is 5.56 Å². The summed E-state index contributed by atoms with van der Waals surface area (Å²) in [6, 6.07) is 11.2. The Morgan fingerprint density at radius 2 is 1.90 bits per heavy atom. The first-order valence-electron chi connectivity index (χ1n) is 6.88. The molecule has 1 heterocycles. The van der Waals surface area contributed by atoms with E-state index in [2.05, 4.69) is 19.9 Å². The molecule has 1 aliphatic rings. The second-order valence-electron chi connectivity index (χ2n) is 6.05. The first-order chi connectivity index (χ1) is 9.85. The minimum Gasteiger partial charge on any atom is -0.487 e. The van der Waals surface area contributed by atoms with Crippen LogP contribution in [0.15, 0.2) is 36.4 Å². The smallest absolute Gasteiger partial charge is 0.123 e. The van der Waals surface area contributed by atoms with Crippen molar-refractivity contribution in [3.8, 4) is 5.75 Å². The molecule has 2 nitrogen and oxygen atoms in total. The second-order valence-corrected chi connectivity index (χ2v) is 6.89. The molecule has 110 valence electrons. The van der Waals surface area contributed by atoms with Gasteiger partial charge in [0.1, 0.15) is 11.4 Å². The van der Waals surface area contributed by atoms with Crippen molar-refractivity contribution in [3.63, 3.8) is 0 Å². The van der Waals surface area contributed by atoms with Crippen LogP contribution in [0.25, 0.3) is 0 Å². The average Bonchev–Trinajstić information content (AvgIpc) is 2.70. The third-order valence-corrected chi connectivity index (χ3v) is 4.31. The van der Waals surface area contributed by atoms with Gasteiger partial charge in [-0.25, -0.2) is 0 Å². The Hall–Kier alpha value is -1.22. The van der Waals surface area contributed by atoms with Gasteiger partial charge in [-0.2, -0.15) is 0 Å². The number of ether oxygens (including phenoxy) is 1. The Balaban J connectivity index is 1.95. The molecule has 0 spiro atoms. The van der Waals surface area contributed by atoms with Gasteiger partial charge in [-0.05, 0) is 48.7 Å². The zero-order chi connectivity index (χ0) is 15.2. The SMILES string of the molecule is CC1(C)Cc2cc(C(N)c3ccc(Cl)cc3Cl)ccc2O1. The van der Waals surface area contributed by atoms with Crippen molar-refractivity contribution in [2.75, 3.05) is 0 Å². The Morgan fingerprint density at radius 3 is 2.62 bits per heavy atom. The predicted molar refractivity (Wildman–Crippen MR) is 87.3 cm³/mol. The van der Waals surface area contributed by atoms with Crippen LogP contribution in [-0.4, -0.2) is 5.60 Å². The van der Waals surface area contributed by atoms with Gasteiger partial charge in [-0.3, -0.25) is 0 Å². The fourth-order valence-corrected chi connectivity index (χ4v) is 3.28. The first kappa shape index (κ1) is 14.7. The van der Waals surface area contributed by atoms with Crippen molar-refractivity contribution in [2.45, 2.75) is 31.9 Å². The molecule has 0 fully saturated rings. The fourth-order valence-electron chi connectivity index (χ4n) is 2.76. The van der Waals surface area contributed by atoms with Crippen molar-refractivity contribution >= 4 is 23.2 Å². The van der Waals surface area contributed by atoms with Crippen LogP contribution in [0.1, 0.15) is 36.6 Å². The summed E-state index contributed by atoms with van der Waals surface area (Å²) in [6.45, 7) is 4.17. The van der Waals surface area contributed by atoms with E-state index < -0.39 is 0 Å². The number of nitrogens with two attached hydrogens (primary N) is 1. The molecule has 2 aromatic carbocycles. The highest BCUT2D eigenvalue weighted by molar-refractivity contribution is 6.35. The van der Waals surface area contributed by atoms with Gasteiger partial charge < -0.3 is 10.5 Å². The van der Waals surface area contributed by atoms with Gasteiger partial charge in [0.25, 0.3) is 0 Å². The van der Waals surface area contributed by atoms with E-state index in [0.29, 0.717) is 10.0 Å². The lowest BCUT2D eigenvalue weighted by molar-refractivity contribution is 0.138. The summed E-state index contributed by atoms with van der Waals surface area (Å²) in [7, 11) is 0. The van der Waals surface area contributed by atoms with E-state index in [0.717, 1.165) is 23.3 Å². The van der Waals surface area contributed by atoms with Gasteiger partial charge in [0, 0.05) is 16.5 Å². The van der Waals surface area contributed by atoms with Gasteiger partial charge in [0.05, 0.1) is 6.04 Å². The van der Waals surface area contributed by atoms with Crippen LogP contribution in [0, 0.1) is 0 Å². The molecule has 1 unspecified atom stereocenters. The number of hydrogen-bond acceptors (Lipinski definition) is 2. The van der Waals surface area contributed by atoms with Crippen LogP contribution in [0.3, 0.4) is 0 Å². The molecular formula is C17H17Cl2NO. The normalized spacial score (nSPS) is 17.2. The van der Waals surface area contributed by atoms with Crippen LogP contribution in [0.5, 0.6) is 5.75 Å². The van der Waals surface area contributed by atoms with Crippen LogP contribution >= 0.6 is 23.2 Å². The van der Waals surface area contributed by atoms with Crippen molar-refractivity contribution in [1.29, 1.82) is 0 Å². The van der Waals surface area contributed by atoms with E-state index >= 15 is 0 Å². The third kappa shape index (κ3) is 2.89. The molecule has 0 aliphatic carbocycles. The second kappa shape index (κ2) is 5.20. The number of hydrogen-bond donors (Lipinski definition) is 1. The van der Waals surface area contributed by atoms with E-state index in [9.17, 15) is 0 Å². The Morgan fingerprint density at radius 1 is 1.14 bits per heavy atom. The first-order valence-corrected chi connectivity index (χ1v) is 7.64. The molecule has 2 aromatic rings. The maximum atomic E-state index is 6.36. The van der Waals surface area contributed by atoms with E-state index in [1.54, 1.807) is 6.07 Å². The zero-order valence-electron chi connectivity index (χ0n) is 12.0. The van der Waals surface area contributed by atoms with Crippen LogP contribution in [0.4, 0.5) is 0 Å². The minimum atomic E-state index is -0.274. The lowest BCUT2D eigenvalue weighted by Gasteiger charge is -2.16. The van der Waals surface area contributed by atoms with Gasteiger partial charge in [0.2, 0.25) is 0 Å².